The van der Waals surface area contributed by atoms with Crippen molar-refractivity contribution >= 4 is 23.2 Å². The van der Waals surface area contributed by atoms with Gasteiger partial charge in [-0.3, -0.25) is 4.79 Å². The Morgan fingerprint density at radius 1 is 1.30 bits per heavy atom. The molecule has 0 bridgehead atoms. The number of carbonyl (C=O) groups excluding carboxylic acids is 1. The fourth-order valence-corrected chi connectivity index (χ4v) is 3.08. The molecular weight excluding hydrogens is 294 g/mol. The molecule has 1 amide bonds. The first-order valence-corrected chi connectivity index (χ1v) is 7.70. The van der Waals surface area contributed by atoms with Crippen LogP contribution >= 0.6 is 0 Å². The lowest BCUT2D eigenvalue weighted by atomic mass is 10.00. The van der Waals surface area contributed by atoms with Gasteiger partial charge in [0.25, 0.3) is 5.91 Å². The zero-order valence-corrected chi connectivity index (χ0v) is 12.5. The maximum absolute atomic E-state index is 12.1. The van der Waals surface area contributed by atoms with Crippen LogP contribution in [-0.2, 0) is 9.53 Å². The van der Waals surface area contributed by atoms with Gasteiger partial charge in [-0.1, -0.05) is 0 Å². The molecule has 0 spiro atoms. The summed E-state index contributed by atoms with van der Waals surface area (Å²) in [7, 11) is 0. The quantitative estimate of drug-likeness (QED) is 0.587. The maximum atomic E-state index is 12.1. The van der Waals surface area contributed by atoms with E-state index >= 15 is 0 Å². The number of H-pyrrole nitrogens is 1. The molecule has 2 aromatic rings. The lowest BCUT2D eigenvalue weighted by Gasteiger charge is -2.19. The molecule has 2 aliphatic heterocycles. The Kier molecular flexibility index (Phi) is 3.38. The van der Waals surface area contributed by atoms with Gasteiger partial charge >= 0.3 is 0 Å². The van der Waals surface area contributed by atoms with Gasteiger partial charge in [-0.05, 0) is 37.1 Å². The van der Waals surface area contributed by atoms with Crippen molar-refractivity contribution in [1.82, 2.24) is 9.97 Å². The van der Waals surface area contributed by atoms with Gasteiger partial charge in [-0.2, -0.15) is 0 Å². The number of carbonyl (C=O) groups is 1. The Bertz CT molecular complexity index is 788. The summed E-state index contributed by atoms with van der Waals surface area (Å²) in [4.78, 5) is 19.9. The van der Waals surface area contributed by atoms with Gasteiger partial charge < -0.3 is 20.1 Å². The van der Waals surface area contributed by atoms with E-state index in [9.17, 15) is 9.90 Å². The third-order valence-corrected chi connectivity index (χ3v) is 4.31. The van der Waals surface area contributed by atoms with E-state index in [1.807, 2.05) is 0 Å². The van der Waals surface area contributed by atoms with Gasteiger partial charge in [0, 0.05) is 30.4 Å². The number of phenols is 1. The molecular formula is C17H17N3O3. The summed E-state index contributed by atoms with van der Waals surface area (Å²) in [5.74, 6) is 1.28. The van der Waals surface area contributed by atoms with E-state index in [0.29, 0.717) is 22.7 Å². The first-order chi connectivity index (χ1) is 11.2. The molecule has 118 valence electrons. The highest BCUT2D eigenvalue weighted by atomic mass is 16.5. The zero-order chi connectivity index (χ0) is 15.8. The molecule has 3 heterocycles. The van der Waals surface area contributed by atoms with Crippen LogP contribution in [0, 0.1) is 0 Å². The number of anilines is 1. The van der Waals surface area contributed by atoms with Gasteiger partial charge in [-0.15, -0.1) is 0 Å². The van der Waals surface area contributed by atoms with Crippen LogP contribution in [0.1, 0.15) is 35.8 Å². The number of aromatic amines is 1. The van der Waals surface area contributed by atoms with Crippen molar-refractivity contribution in [2.75, 3.05) is 18.5 Å². The lowest BCUT2D eigenvalue weighted by molar-refractivity contribution is -0.110. The minimum atomic E-state index is -0.173. The van der Waals surface area contributed by atoms with Gasteiger partial charge in [0.1, 0.15) is 11.6 Å². The molecule has 0 radical (unpaired) electrons. The third-order valence-electron chi connectivity index (χ3n) is 4.31. The smallest absolute Gasteiger partial charge is 0.256 e. The molecule has 4 rings (SSSR count). The highest BCUT2D eigenvalue weighted by Gasteiger charge is 2.25. The average molecular weight is 311 g/mol. The van der Waals surface area contributed by atoms with Crippen LogP contribution in [0.3, 0.4) is 0 Å². The highest BCUT2D eigenvalue weighted by molar-refractivity contribution is 6.34. The molecule has 0 atom stereocenters. The van der Waals surface area contributed by atoms with Crippen LogP contribution in [0.25, 0.3) is 11.6 Å². The molecule has 3 N–H and O–H groups in total. The van der Waals surface area contributed by atoms with Crippen molar-refractivity contribution in [1.29, 1.82) is 0 Å². The van der Waals surface area contributed by atoms with Gasteiger partial charge in [-0.25, -0.2) is 4.98 Å². The second kappa shape index (κ2) is 5.55. The number of amides is 1. The van der Waals surface area contributed by atoms with E-state index in [2.05, 4.69) is 15.3 Å². The summed E-state index contributed by atoms with van der Waals surface area (Å²) in [6.07, 6.45) is 5.43. The minimum absolute atomic E-state index is 0.138. The number of hydrogen-bond acceptors (Lipinski definition) is 4. The Hall–Kier alpha value is -2.60. The number of phenolic OH excluding ortho intramolecular Hbond substituents is 1. The number of rotatable bonds is 2. The van der Waals surface area contributed by atoms with Gasteiger partial charge in [0.2, 0.25) is 0 Å². The predicted octanol–water partition coefficient (Wildman–Crippen LogP) is 2.50. The maximum Gasteiger partial charge on any atom is 0.256 e. The zero-order valence-electron chi connectivity index (χ0n) is 12.5. The molecule has 23 heavy (non-hydrogen) atoms. The molecule has 0 saturated carbocycles. The first kappa shape index (κ1) is 14.0. The summed E-state index contributed by atoms with van der Waals surface area (Å²) >= 11 is 0. The molecule has 1 saturated heterocycles. The van der Waals surface area contributed by atoms with Crippen LogP contribution in [-0.4, -0.2) is 34.2 Å². The molecule has 6 heteroatoms. The molecule has 6 nitrogen and oxygen atoms in total. The Balaban J connectivity index is 1.65. The van der Waals surface area contributed by atoms with Gasteiger partial charge in [0.05, 0.1) is 17.5 Å². The first-order valence-electron chi connectivity index (χ1n) is 7.70. The summed E-state index contributed by atoms with van der Waals surface area (Å²) in [5.41, 5.74) is 2.73. The standard InChI is InChI=1S/C17H17N3O3/c21-12-1-2-15-13(8-12)14(17(22)20-15)7-11-9-18-16(19-11)10-3-5-23-6-4-10/h1-2,7-10,21H,3-6H2,(H,18,19)(H,20,22). The van der Waals surface area contributed by atoms with Crippen LogP contribution in [0.2, 0.25) is 0 Å². The van der Waals surface area contributed by atoms with E-state index in [1.54, 1.807) is 30.5 Å². The number of aromatic nitrogens is 2. The average Bonchev–Trinajstić information content (AvgIpc) is 3.15. The van der Waals surface area contributed by atoms with Crippen LogP contribution < -0.4 is 5.32 Å². The van der Waals surface area contributed by atoms with E-state index in [4.69, 9.17) is 4.74 Å². The van der Waals surface area contributed by atoms with E-state index in [0.717, 1.165) is 37.6 Å². The van der Waals surface area contributed by atoms with E-state index < -0.39 is 0 Å². The van der Waals surface area contributed by atoms with Crippen molar-refractivity contribution in [3.05, 3.63) is 41.5 Å². The number of nitrogens with zero attached hydrogens (tertiary/aromatic N) is 1. The summed E-state index contributed by atoms with van der Waals surface area (Å²) in [6, 6.07) is 4.85. The third kappa shape index (κ3) is 2.61. The monoisotopic (exact) mass is 311 g/mol. The molecule has 1 aromatic carbocycles. The predicted molar refractivity (Wildman–Crippen MR) is 86.0 cm³/mol. The second-order valence-corrected chi connectivity index (χ2v) is 5.85. The van der Waals surface area contributed by atoms with Gasteiger partial charge in [0.15, 0.2) is 0 Å². The normalized spacial score (nSPS) is 19.8. The number of imidazole rings is 1. The highest BCUT2D eigenvalue weighted by Crippen LogP contribution is 2.35. The minimum Gasteiger partial charge on any atom is -0.508 e. The summed E-state index contributed by atoms with van der Waals surface area (Å²) in [6.45, 7) is 1.52. The SMILES string of the molecule is O=C1Nc2ccc(O)cc2C1=Cc1cnc(C2CCOCC2)[nH]1. The van der Waals surface area contributed by atoms with E-state index in [1.165, 1.54) is 0 Å². The fraction of sp³-hybridized carbons (Fsp3) is 0.294. The number of ether oxygens (including phenoxy) is 1. The summed E-state index contributed by atoms with van der Waals surface area (Å²) < 4.78 is 5.37. The van der Waals surface area contributed by atoms with Crippen LogP contribution in [0.5, 0.6) is 5.75 Å². The Morgan fingerprint density at radius 2 is 2.13 bits per heavy atom. The van der Waals surface area contributed by atoms with Crippen molar-refractivity contribution in [3.8, 4) is 5.75 Å². The molecule has 0 aliphatic carbocycles. The van der Waals surface area contributed by atoms with Crippen molar-refractivity contribution in [2.24, 2.45) is 0 Å². The van der Waals surface area contributed by atoms with Crippen LogP contribution in [0.4, 0.5) is 5.69 Å². The number of hydrogen-bond donors (Lipinski definition) is 3. The number of benzene rings is 1. The topological polar surface area (TPSA) is 87.2 Å². The fourth-order valence-electron chi connectivity index (χ4n) is 3.08. The van der Waals surface area contributed by atoms with E-state index in [-0.39, 0.29) is 11.7 Å². The Labute approximate surface area is 133 Å². The van der Waals surface area contributed by atoms with Crippen molar-refractivity contribution in [3.63, 3.8) is 0 Å². The molecule has 1 fully saturated rings. The van der Waals surface area contributed by atoms with Crippen LogP contribution in [0.15, 0.2) is 24.4 Å². The van der Waals surface area contributed by atoms with Crippen molar-refractivity contribution < 1.29 is 14.6 Å². The molecule has 0 unspecified atom stereocenters. The number of fused-ring (bicyclic) bond motifs is 1. The van der Waals surface area contributed by atoms with Crippen molar-refractivity contribution in [2.45, 2.75) is 18.8 Å². The second-order valence-electron chi connectivity index (χ2n) is 5.85. The lowest BCUT2D eigenvalue weighted by Crippen LogP contribution is -2.15. The number of nitrogens with one attached hydrogen (secondary N) is 2. The number of aromatic hydroxyl groups is 1. The summed E-state index contributed by atoms with van der Waals surface area (Å²) in [5, 5.41) is 12.4. The Morgan fingerprint density at radius 3 is 2.96 bits per heavy atom. The molecule has 1 aromatic heterocycles. The molecule has 2 aliphatic rings. The largest absolute Gasteiger partial charge is 0.508 e.